The highest BCUT2D eigenvalue weighted by Crippen LogP contribution is 2.17. The molecule has 7 nitrogen and oxygen atoms in total. The van der Waals surface area contributed by atoms with E-state index >= 15 is 0 Å². The maximum atomic E-state index is 10.5. The van der Waals surface area contributed by atoms with Crippen LogP contribution in [0.5, 0.6) is 0 Å². The van der Waals surface area contributed by atoms with E-state index in [4.69, 9.17) is 0 Å². The number of nitrogens with zero attached hydrogens (tertiary/aromatic N) is 1. The molecular formula is C10H14N2O5. The van der Waals surface area contributed by atoms with Gasteiger partial charge in [0, 0.05) is 24.4 Å². The van der Waals surface area contributed by atoms with Crippen LogP contribution in [-0.2, 0) is 4.74 Å². The number of hydrogen-bond donors (Lipinski definition) is 3. The molecule has 0 unspecified atom stereocenters. The zero-order valence-electron chi connectivity index (χ0n) is 9.29. The van der Waals surface area contributed by atoms with Crippen molar-refractivity contribution < 1.29 is 19.9 Å². The van der Waals surface area contributed by atoms with Gasteiger partial charge in [-0.1, -0.05) is 6.07 Å². The van der Waals surface area contributed by atoms with Crippen LogP contribution >= 0.6 is 0 Å². The maximum absolute atomic E-state index is 10.5. The van der Waals surface area contributed by atoms with Gasteiger partial charge in [0.05, 0.1) is 11.5 Å². The van der Waals surface area contributed by atoms with Gasteiger partial charge in [-0.25, -0.2) is 0 Å². The lowest BCUT2D eigenvalue weighted by Gasteiger charge is -2.21. The van der Waals surface area contributed by atoms with Gasteiger partial charge in [0.2, 0.25) is 0 Å². The molecule has 0 saturated carbocycles. The van der Waals surface area contributed by atoms with Gasteiger partial charge in [-0.05, 0) is 13.0 Å². The topological polar surface area (TPSA) is 105 Å². The number of nitro benzene ring substituents is 1. The summed E-state index contributed by atoms with van der Waals surface area (Å²) in [5.41, 5.74) is 0.333. The Labute approximate surface area is 97.8 Å². The van der Waals surface area contributed by atoms with Crippen molar-refractivity contribution in [3.63, 3.8) is 0 Å². The van der Waals surface area contributed by atoms with Gasteiger partial charge in [0.1, 0.15) is 0 Å². The summed E-state index contributed by atoms with van der Waals surface area (Å²) < 4.78 is 4.64. The smallest absolute Gasteiger partial charge is 0.296 e. The third kappa shape index (κ3) is 4.35. The Kier molecular flexibility index (Phi) is 4.38. The van der Waals surface area contributed by atoms with E-state index in [9.17, 15) is 20.3 Å². The molecule has 1 aromatic carbocycles. The van der Waals surface area contributed by atoms with Crippen LogP contribution in [0, 0.1) is 10.1 Å². The van der Waals surface area contributed by atoms with Crippen molar-refractivity contribution in [3.05, 3.63) is 34.4 Å². The first-order chi connectivity index (χ1) is 7.94. The number of rotatable bonds is 6. The fraction of sp³-hybridized carbons (Fsp3) is 0.400. The van der Waals surface area contributed by atoms with Crippen LogP contribution < -0.4 is 5.32 Å². The first-order valence-electron chi connectivity index (χ1n) is 5.01. The highest BCUT2D eigenvalue weighted by Gasteiger charge is 2.23. The minimum atomic E-state index is -2.29. The summed E-state index contributed by atoms with van der Waals surface area (Å²) in [4.78, 5) is 9.98. The number of anilines is 1. The van der Waals surface area contributed by atoms with E-state index in [0.29, 0.717) is 5.69 Å². The predicted octanol–water partition coefficient (Wildman–Crippen LogP) is 0.682. The molecule has 0 aliphatic rings. The van der Waals surface area contributed by atoms with E-state index in [-0.39, 0.29) is 18.8 Å². The number of nitro groups is 1. The lowest BCUT2D eigenvalue weighted by molar-refractivity contribution is -0.384. The van der Waals surface area contributed by atoms with Gasteiger partial charge < -0.3 is 20.3 Å². The van der Waals surface area contributed by atoms with Gasteiger partial charge in [-0.2, -0.15) is 0 Å². The van der Waals surface area contributed by atoms with Crippen molar-refractivity contribution >= 4 is 11.4 Å². The van der Waals surface area contributed by atoms with Crippen LogP contribution in [0.4, 0.5) is 11.4 Å². The summed E-state index contributed by atoms with van der Waals surface area (Å²) in [5.74, 6) is -2.29. The number of hydrogen-bond acceptors (Lipinski definition) is 6. The summed E-state index contributed by atoms with van der Waals surface area (Å²) in [5, 5.41) is 31.7. The molecule has 3 N–H and O–H groups in total. The molecule has 0 aliphatic heterocycles. The van der Waals surface area contributed by atoms with Crippen molar-refractivity contribution in [2.24, 2.45) is 0 Å². The summed E-state index contributed by atoms with van der Waals surface area (Å²) in [7, 11) is 0. The Hall–Kier alpha value is -1.70. The zero-order valence-corrected chi connectivity index (χ0v) is 9.29. The third-order valence-corrected chi connectivity index (χ3v) is 1.96. The van der Waals surface area contributed by atoms with Gasteiger partial charge in [0.15, 0.2) is 0 Å². The predicted molar refractivity (Wildman–Crippen MR) is 60.4 cm³/mol. The molecule has 0 fully saturated rings. The second-order valence-electron chi connectivity index (χ2n) is 3.34. The minimum absolute atomic E-state index is 0.0760. The molecule has 7 heteroatoms. The molecule has 0 aromatic heterocycles. The molecule has 94 valence electrons. The van der Waals surface area contributed by atoms with E-state index < -0.39 is 10.9 Å². The fourth-order valence-corrected chi connectivity index (χ4v) is 1.23. The Bertz CT molecular complexity index is 394. The van der Waals surface area contributed by atoms with Crippen LogP contribution in [0.25, 0.3) is 0 Å². The van der Waals surface area contributed by atoms with Crippen molar-refractivity contribution in [3.8, 4) is 0 Å². The van der Waals surface area contributed by atoms with Crippen molar-refractivity contribution in [1.82, 2.24) is 0 Å². The second-order valence-corrected chi connectivity index (χ2v) is 3.34. The number of aliphatic hydroxyl groups is 2. The first kappa shape index (κ1) is 13.4. The highest BCUT2D eigenvalue weighted by atomic mass is 16.8. The highest BCUT2D eigenvalue weighted by molar-refractivity contribution is 5.50. The average molecular weight is 242 g/mol. The van der Waals surface area contributed by atoms with E-state index in [2.05, 4.69) is 10.1 Å². The first-order valence-corrected chi connectivity index (χ1v) is 5.01. The Morgan fingerprint density at radius 1 is 1.53 bits per heavy atom. The number of ether oxygens (including phenoxy) is 1. The Balaban J connectivity index is 2.63. The lowest BCUT2D eigenvalue weighted by Crippen LogP contribution is -2.39. The van der Waals surface area contributed by atoms with Crippen molar-refractivity contribution in [2.45, 2.75) is 12.9 Å². The van der Waals surface area contributed by atoms with Crippen molar-refractivity contribution in [2.75, 3.05) is 18.5 Å². The molecule has 0 amide bonds. The largest absolute Gasteiger partial charge is 0.377 e. The van der Waals surface area contributed by atoms with Crippen LogP contribution in [0.3, 0.4) is 0 Å². The number of benzene rings is 1. The van der Waals surface area contributed by atoms with Crippen LogP contribution in [0.2, 0.25) is 0 Å². The summed E-state index contributed by atoms with van der Waals surface area (Å²) in [6.45, 7) is 1.47. The van der Waals surface area contributed by atoms with Gasteiger partial charge >= 0.3 is 0 Å². The SMILES string of the molecule is CCOC(O)(O)CNc1cccc([N+](=O)[O-])c1. The quantitative estimate of drug-likeness (QED) is 0.385. The zero-order chi connectivity index (χ0) is 12.9. The summed E-state index contributed by atoms with van der Waals surface area (Å²) in [6, 6.07) is 5.72. The molecule has 0 saturated heterocycles. The fourth-order valence-electron chi connectivity index (χ4n) is 1.23. The monoisotopic (exact) mass is 242 g/mol. The minimum Gasteiger partial charge on any atom is -0.377 e. The molecule has 0 atom stereocenters. The van der Waals surface area contributed by atoms with Crippen molar-refractivity contribution in [1.29, 1.82) is 0 Å². The lowest BCUT2D eigenvalue weighted by atomic mass is 10.3. The van der Waals surface area contributed by atoms with E-state index in [1.54, 1.807) is 13.0 Å². The van der Waals surface area contributed by atoms with E-state index in [0.717, 1.165) is 0 Å². The molecule has 0 heterocycles. The molecule has 1 aromatic rings. The van der Waals surface area contributed by atoms with Crippen LogP contribution in [0.15, 0.2) is 24.3 Å². The molecule has 1 rings (SSSR count). The van der Waals surface area contributed by atoms with Gasteiger partial charge in [-0.3, -0.25) is 10.1 Å². The molecule has 17 heavy (non-hydrogen) atoms. The number of nitrogens with one attached hydrogen (secondary N) is 1. The number of non-ortho nitro benzene ring substituents is 1. The Morgan fingerprint density at radius 3 is 2.82 bits per heavy atom. The second kappa shape index (κ2) is 5.58. The normalized spacial score (nSPS) is 11.2. The molecule has 0 spiro atoms. The van der Waals surface area contributed by atoms with Crippen LogP contribution in [0.1, 0.15) is 6.92 Å². The average Bonchev–Trinajstić information content (AvgIpc) is 2.27. The van der Waals surface area contributed by atoms with Gasteiger partial charge in [0.25, 0.3) is 11.7 Å². The summed E-state index contributed by atoms with van der Waals surface area (Å²) >= 11 is 0. The third-order valence-electron chi connectivity index (χ3n) is 1.96. The maximum Gasteiger partial charge on any atom is 0.296 e. The molecule has 0 bridgehead atoms. The molecular weight excluding hydrogens is 228 g/mol. The van der Waals surface area contributed by atoms with Crippen LogP contribution in [-0.4, -0.2) is 34.3 Å². The molecule has 0 aliphatic carbocycles. The molecule has 0 radical (unpaired) electrons. The van der Waals surface area contributed by atoms with Gasteiger partial charge in [-0.15, -0.1) is 0 Å². The Morgan fingerprint density at radius 2 is 2.24 bits per heavy atom. The summed E-state index contributed by atoms with van der Waals surface area (Å²) in [6.07, 6.45) is 0. The van der Waals surface area contributed by atoms with E-state index in [1.807, 2.05) is 0 Å². The van der Waals surface area contributed by atoms with E-state index in [1.165, 1.54) is 18.2 Å². The standard InChI is InChI=1S/C10H14N2O5/c1-2-17-10(13,14)7-11-8-4-3-5-9(6-8)12(15)16/h3-6,11,13-14H,2,7H2,1H3.